The number of benzene rings is 1. The molecule has 0 aliphatic carbocycles. The van der Waals surface area contributed by atoms with Crippen LogP contribution in [0.25, 0.3) is 0 Å². The largest absolute Gasteiger partial charge is 0.352 e. The summed E-state index contributed by atoms with van der Waals surface area (Å²) in [6.45, 7) is 6.64. The second-order valence-corrected chi connectivity index (χ2v) is 5.48. The SMILES string of the molecule is Cc1ccc(CNC(=O)C2(C)CCNCC2)cc1. The maximum Gasteiger partial charge on any atom is 0.226 e. The summed E-state index contributed by atoms with van der Waals surface area (Å²) in [6, 6.07) is 8.29. The molecule has 1 fully saturated rings. The standard InChI is InChI=1S/C15H22N2O/c1-12-3-5-13(6-4-12)11-17-14(18)15(2)7-9-16-10-8-15/h3-6,16H,7-11H2,1-2H3,(H,17,18). The van der Waals surface area contributed by atoms with E-state index < -0.39 is 0 Å². The highest BCUT2D eigenvalue weighted by Crippen LogP contribution is 2.27. The monoisotopic (exact) mass is 246 g/mol. The van der Waals surface area contributed by atoms with E-state index in [9.17, 15) is 4.79 Å². The molecule has 0 radical (unpaired) electrons. The molecule has 2 N–H and O–H groups in total. The van der Waals surface area contributed by atoms with Crippen molar-refractivity contribution in [3.63, 3.8) is 0 Å². The molecule has 2 rings (SSSR count). The Labute approximate surface area is 109 Å². The molecule has 3 nitrogen and oxygen atoms in total. The zero-order chi connectivity index (χ0) is 13.0. The van der Waals surface area contributed by atoms with Crippen molar-refractivity contribution in [1.29, 1.82) is 0 Å². The predicted molar refractivity (Wildman–Crippen MR) is 73.2 cm³/mol. The number of hydrogen-bond acceptors (Lipinski definition) is 2. The topological polar surface area (TPSA) is 41.1 Å². The van der Waals surface area contributed by atoms with Gasteiger partial charge in [-0.1, -0.05) is 36.8 Å². The van der Waals surface area contributed by atoms with Crippen LogP contribution in [0, 0.1) is 12.3 Å². The molecule has 98 valence electrons. The van der Waals surface area contributed by atoms with E-state index in [1.807, 2.05) is 0 Å². The number of aryl methyl sites for hydroxylation is 1. The van der Waals surface area contributed by atoms with Gasteiger partial charge >= 0.3 is 0 Å². The highest BCUT2D eigenvalue weighted by molar-refractivity contribution is 5.82. The van der Waals surface area contributed by atoms with Gasteiger partial charge in [0.15, 0.2) is 0 Å². The highest BCUT2D eigenvalue weighted by atomic mass is 16.2. The molecule has 1 saturated heterocycles. The van der Waals surface area contributed by atoms with Crippen LogP contribution >= 0.6 is 0 Å². The Morgan fingerprint density at radius 2 is 1.89 bits per heavy atom. The van der Waals surface area contributed by atoms with E-state index in [1.165, 1.54) is 5.56 Å². The van der Waals surface area contributed by atoms with Crippen molar-refractivity contribution in [3.05, 3.63) is 35.4 Å². The number of nitrogens with one attached hydrogen (secondary N) is 2. The second-order valence-electron chi connectivity index (χ2n) is 5.48. The molecule has 0 spiro atoms. The summed E-state index contributed by atoms with van der Waals surface area (Å²) in [5.74, 6) is 0.185. The Morgan fingerprint density at radius 1 is 1.28 bits per heavy atom. The van der Waals surface area contributed by atoms with Crippen molar-refractivity contribution >= 4 is 5.91 Å². The van der Waals surface area contributed by atoms with Crippen molar-refractivity contribution in [1.82, 2.24) is 10.6 Å². The first-order chi connectivity index (χ1) is 8.60. The molecule has 1 aromatic carbocycles. The van der Waals surface area contributed by atoms with E-state index >= 15 is 0 Å². The van der Waals surface area contributed by atoms with Crippen LogP contribution in [0.5, 0.6) is 0 Å². The van der Waals surface area contributed by atoms with Gasteiger partial charge in [0.1, 0.15) is 0 Å². The van der Waals surface area contributed by atoms with E-state index in [0.717, 1.165) is 31.5 Å². The minimum absolute atomic E-state index is 0.185. The summed E-state index contributed by atoms with van der Waals surface area (Å²) < 4.78 is 0. The van der Waals surface area contributed by atoms with Crippen LogP contribution < -0.4 is 10.6 Å². The third-order valence-corrected chi connectivity index (χ3v) is 3.83. The fraction of sp³-hybridized carbons (Fsp3) is 0.533. The number of piperidine rings is 1. The van der Waals surface area contributed by atoms with E-state index in [1.54, 1.807) is 0 Å². The number of amides is 1. The lowest BCUT2D eigenvalue weighted by Gasteiger charge is -2.32. The maximum absolute atomic E-state index is 12.2. The Morgan fingerprint density at radius 3 is 2.50 bits per heavy atom. The van der Waals surface area contributed by atoms with Crippen molar-refractivity contribution in [3.8, 4) is 0 Å². The smallest absolute Gasteiger partial charge is 0.226 e. The summed E-state index contributed by atoms with van der Waals surface area (Å²) in [4.78, 5) is 12.2. The Hall–Kier alpha value is -1.35. The fourth-order valence-electron chi connectivity index (χ4n) is 2.31. The second kappa shape index (κ2) is 5.53. The summed E-state index contributed by atoms with van der Waals surface area (Å²) in [7, 11) is 0. The Balaban J connectivity index is 1.89. The lowest BCUT2D eigenvalue weighted by atomic mass is 9.80. The lowest BCUT2D eigenvalue weighted by Crippen LogP contribution is -2.45. The van der Waals surface area contributed by atoms with Crippen LogP contribution in [0.2, 0.25) is 0 Å². The molecule has 0 atom stereocenters. The maximum atomic E-state index is 12.2. The van der Waals surface area contributed by atoms with Crippen molar-refractivity contribution in [2.45, 2.75) is 33.2 Å². The van der Waals surface area contributed by atoms with Gasteiger partial charge in [-0.3, -0.25) is 4.79 Å². The third kappa shape index (κ3) is 3.10. The lowest BCUT2D eigenvalue weighted by molar-refractivity contribution is -0.131. The van der Waals surface area contributed by atoms with Gasteiger partial charge < -0.3 is 10.6 Å². The molecule has 0 unspecified atom stereocenters. The summed E-state index contributed by atoms with van der Waals surface area (Å²) in [6.07, 6.45) is 1.85. The quantitative estimate of drug-likeness (QED) is 0.856. The van der Waals surface area contributed by atoms with Gasteiger partial charge in [-0.15, -0.1) is 0 Å². The van der Waals surface area contributed by atoms with E-state index in [2.05, 4.69) is 48.7 Å². The zero-order valence-corrected chi connectivity index (χ0v) is 11.3. The van der Waals surface area contributed by atoms with Crippen molar-refractivity contribution in [2.24, 2.45) is 5.41 Å². The Kier molecular flexibility index (Phi) is 4.02. The third-order valence-electron chi connectivity index (χ3n) is 3.83. The van der Waals surface area contributed by atoms with Gasteiger partial charge in [-0.05, 0) is 38.4 Å². The average Bonchev–Trinajstić information content (AvgIpc) is 2.38. The van der Waals surface area contributed by atoms with Gasteiger partial charge in [-0.2, -0.15) is 0 Å². The molecule has 1 aliphatic rings. The average molecular weight is 246 g/mol. The first kappa shape index (κ1) is 13.1. The molecule has 1 aromatic rings. The van der Waals surface area contributed by atoms with Crippen molar-refractivity contribution < 1.29 is 4.79 Å². The van der Waals surface area contributed by atoms with Crippen LogP contribution in [-0.4, -0.2) is 19.0 Å². The van der Waals surface area contributed by atoms with E-state index in [0.29, 0.717) is 6.54 Å². The molecule has 0 aromatic heterocycles. The normalized spacial score (nSPS) is 18.3. The molecule has 0 bridgehead atoms. The number of carbonyl (C=O) groups is 1. The molecule has 1 heterocycles. The van der Waals surface area contributed by atoms with E-state index in [-0.39, 0.29) is 11.3 Å². The molecule has 1 amide bonds. The van der Waals surface area contributed by atoms with Crippen LogP contribution in [0.4, 0.5) is 0 Å². The Bertz CT molecular complexity index is 405. The van der Waals surface area contributed by atoms with Crippen LogP contribution in [0.1, 0.15) is 30.9 Å². The summed E-state index contributed by atoms with van der Waals surface area (Å²) >= 11 is 0. The van der Waals surface area contributed by atoms with Crippen LogP contribution in [0.3, 0.4) is 0 Å². The minimum Gasteiger partial charge on any atom is -0.352 e. The van der Waals surface area contributed by atoms with Gasteiger partial charge in [0.2, 0.25) is 5.91 Å². The molecule has 1 aliphatic heterocycles. The van der Waals surface area contributed by atoms with Crippen LogP contribution in [-0.2, 0) is 11.3 Å². The van der Waals surface area contributed by atoms with Gasteiger partial charge in [0.25, 0.3) is 0 Å². The molecule has 3 heteroatoms. The number of carbonyl (C=O) groups excluding carboxylic acids is 1. The zero-order valence-electron chi connectivity index (χ0n) is 11.3. The van der Waals surface area contributed by atoms with Gasteiger partial charge in [-0.25, -0.2) is 0 Å². The first-order valence-electron chi connectivity index (χ1n) is 6.65. The highest BCUT2D eigenvalue weighted by Gasteiger charge is 2.34. The van der Waals surface area contributed by atoms with Gasteiger partial charge in [0, 0.05) is 12.0 Å². The summed E-state index contributed by atoms with van der Waals surface area (Å²) in [5.41, 5.74) is 2.21. The molecular weight excluding hydrogens is 224 g/mol. The molecular formula is C15H22N2O. The van der Waals surface area contributed by atoms with Crippen molar-refractivity contribution in [2.75, 3.05) is 13.1 Å². The molecule has 0 saturated carbocycles. The van der Waals surface area contributed by atoms with E-state index in [4.69, 9.17) is 0 Å². The van der Waals surface area contributed by atoms with Gasteiger partial charge in [0.05, 0.1) is 0 Å². The number of hydrogen-bond donors (Lipinski definition) is 2. The minimum atomic E-state index is -0.198. The first-order valence-corrected chi connectivity index (χ1v) is 6.65. The van der Waals surface area contributed by atoms with Crippen LogP contribution in [0.15, 0.2) is 24.3 Å². The fourth-order valence-corrected chi connectivity index (χ4v) is 2.31. The molecule has 18 heavy (non-hydrogen) atoms. The predicted octanol–water partition coefficient (Wildman–Crippen LogP) is 2.00. The number of rotatable bonds is 3. The summed E-state index contributed by atoms with van der Waals surface area (Å²) in [5, 5.41) is 6.36.